The maximum atomic E-state index is 11.8. The summed E-state index contributed by atoms with van der Waals surface area (Å²) in [5, 5.41) is 4.07. The van der Waals surface area contributed by atoms with Gasteiger partial charge in [0.15, 0.2) is 11.2 Å². The van der Waals surface area contributed by atoms with E-state index in [1.165, 1.54) is 11.3 Å². The summed E-state index contributed by atoms with van der Waals surface area (Å²) in [6.45, 7) is 0. The Balaban J connectivity index is 1.96. The van der Waals surface area contributed by atoms with Gasteiger partial charge in [-0.3, -0.25) is 9.20 Å². The van der Waals surface area contributed by atoms with E-state index in [1.807, 2.05) is 51.6 Å². The summed E-state index contributed by atoms with van der Waals surface area (Å²) in [6, 6.07) is 11.7. The van der Waals surface area contributed by atoms with Crippen molar-refractivity contribution in [3.05, 3.63) is 52.9 Å². The number of methoxy groups -OCH3 is 1. The quantitative estimate of drug-likeness (QED) is 0.509. The number of thiazole rings is 1. The zero-order chi connectivity index (χ0) is 15.8. The van der Waals surface area contributed by atoms with E-state index in [1.54, 1.807) is 18.4 Å². The molecule has 0 fully saturated rings. The third-order valence-corrected chi connectivity index (χ3v) is 5.35. The summed E-state index contributed by atoms with van der Waals surface area (Å²) in [5.74, 6) is 0.745. The van der Waals surface area contributed by atoms with E-state index in [0.29, 0.717) is 11.4 Å². The molecule has 23 heavy (non-hydrogen) atoms. The minimum Gasteiger partial charge on any atom is -0.497 e. The molecular weight excluding hydrogens is 328 g/mol. The summed E-state index contributed by atoms with van der Waals surface area (Å²) in [4.78, 5) is 18.4. The van der Waals surface area contributed by atoms with E-state index in [2.05, 4.69) is 4.98 Å². The Labute approximate surface area is 140 Å². The first kappa shape index (κ1) is 14.2. The SMILES string of the molecule is COc1cccc(-c2nc3scc(-c4cccs4)n3c2C=O)c1. The number of aromatic nitrogens is 2. The molecule has 0 amide bonds. The molecule has 3 aromatic heterocycles. The molecule has 0 aliphatic carbocycles. The Kier molecular flexibility index (Phi) is 3.48. The fourth-order valence-corrected chi connectivity index (χ4v) is 4.27. The number of thiophene rings is 1. The molecule has 0 bridgehead atoms. The highest BCUT2D eigenvalue weighted by molar-refractivity contribution is 7.17. The van der Waals surface area contributed by atoms with Gasteiger partial charge in [0.05, 0.1) is 17.7 Å². The largest absolute Gasteiger partial charge is 0.497 e. The van der Waals surface area contributed by atoms with Gasteiger partial charge < -0.3 is 4.74 Å². The molecule has 114 valence electrons. The van der Waals surface area contributed by atoms with Crippen molar-refractivity contribution in [2.45, 2.75) is 0 Å². The van der Waals surface area contributed by atoms with Crippen LogP contribution in [0, 0.1) is 0 Å². The number of hydrogen-bond acceptors (Lipinski definition) is 5. The number of aldehydes is 1. The lowest BCUT2D eigenvalue weighted by molar-refractivity contribution is 0.111. The van der Waals surface area contributed by atoms with Crippen LogP contribution >= 0.6 is 22.7 Å². The zero-order valence-corrected chi connectivity index (χ0v) is 13.9. The number of benzene rings is 1. The first-order valence-corrected chi connectivity index (χ1v) is 8.71. The van der Waals surface area contributed by atoms with Gasteiger partial charge in [-0.2, -0.15) is 0 Å². The van der Waals surface area contributed by atoms with E-state index in [9.17, 15) is 4.79 Å². The number of imidazole rings is 1. The molecule has 6 heteroatoms. The van der Waals surface area contributed by atoms with Gasteiger partial charge in [0.2, 0.25) is 0 Å². The molecule has 0 aliphatic heterocycles. The molecular formula is C17H12N2O2S2. The highest BCUT2D eigenvalue weighted by atomic mass is 32.1. The van der Waals surface area contributed by atoms with Crippen molar-refractivity contribution in [2.75, 3.05) is 7.11 Å². The van der Waals surface area contributed by atoms with Crippen LogP contribution in [0.3, 0.4) is 0 Å². The van der Waals surface area contributed by atoms with Crippen molar-refractivity contribution in [3.8, 4) is 27.6 Å². The first-order chi connectivity index (χ1) is 11.3. The Bertz CT molecular complexity index is 984. The Morgan fingerprint density at radius 3 is 2.87 bits per heavy atom. The molecule has 0 radical (unpaired) electrons. The topological polar surface area (TPSA) is 43.6 Å². The van der Waals surface area contributed by atoms with Gasteiger partial charge >= 0.3 is 0 Å². The summed E-state index contributed by atoms with van der Waals surface area (Å²) in [6.07, 6.45) is 0.874. The molecule has 0 unspecified atom stereocenters. The van der Waals surface area contributed by atoms with Crippen LogP contribution in [0.5, 0.6) is 5.75 Å². The van der Waals surface area contributed by atoms with Crippen molar-refractivity contribution in [3.63, 3.8) is 0 Å². The Hall–Kier alpha value is -2.44. The molecule has 4 rings (SSSR count). The average molecular weight is 340 g/mol. The second-order valence-electron chi connectivity index (χ2n) is 4.91. The third kappa shape index (κ3) is 2.27. The van der Waals surface area contributed by atoms with Crippen LogP contribution in [-0.2, 0) is 0 Å². The molecule has 0 saturated carbocycles. The predicted octanol–water partition coefficient (Wildman–Crippen LogP) is 4.61. The summed E-state index contributed by atoms with van der Waals surface area (Å²) in [5.41, 5.74) is 3.13. The van der Waals surface area contributed by atoms with E-state index in [0.717, 1.165) is 33.1 Å². The van der Waals surface area contributed by atoms with Crippen molar-refractivity contribution in [1.29, 1.82) is 0 Å². The molecule has 0 saturated heterocycles. The van der Waals surface area contributed by atoms with E-state index >= 15 is 0 Å². The van der Waals surface area contributed by atoms with Gasteiger partial charge in [-0.25, -0.2) is 4.98 Å². The monoisotopic (exact) mass is 340 g/mol. The fourth-order valence-electron chi connectivity index (χ4n) is 2.57. The van der Waals surface area contributed by atoms with Crippen molar-refractivity contribution >= 4 is 33.9 Å². The summed E-state index contributed by atoms with van der Waals surface area (Å²) >= 11 is 3.18. The zero-order valence-electron chi connectivity index (χ0n) is 12.2. The molecule has 3 heterocycles. The van der Waals surface area contributed by atoms with Gasteiger partial charge in [0.25, 0.3) is 0 Å². The number of carbonyl (C=O) groups is 1. The molecule has 4 nitrogen and oxygen atoms in total. The Morgan fingerprint density at radius 1 is 1.22 bits per heavy atom. The van der Waals surface area contributed by atoms with Crippen LogP contribution in [0.15, 0.2) is 47.2 Å². The van der Waals surface area contributed by atoms with Crippen LogP contribution in [0.25, 0.3) is 26.8 Å². The van der Waals surface area contributed by atoms with Gasteiger partial charge in [-0.1, -0.05) is 18.2 Å². The smallest absolute Gasteiger partial charge is 0.195 e. The summed E-state index contributed by atoms with van der Waals surface area (Å²) in [7, 11) is 1.63. The fraction of sp³-hybridized carbons (Fsp3) is 0.0588. The molecule has 0 atom stereocenters. The molecule has 1 aromatic carbocycles. The lowest BCUT2D eigenvalue weighted by atomic mass is 10.1. The van der Waals surface area contributed by atoms with Crippen LogP contribution < -0.4 is 4.74 Å². The van der Waals surface area contributed by atoms with E-state index in [-0.39, 0.29) is 0 Å². The minimum atomic E-state index is 0.568. The second kappa shape index (κ2) is 5.64. The molecule has 0 N–H and O–H groups in total. The number of fused-ring (bicyclic) bond motifs is 1. The number of ether oxygens (including phenoxy) is 1. The molecule has 0 aliphatic rings. The number of hydrogen-bond donors (Lipinski definition) is 0. The van der Waals surface area contributed by atoms with Crippen molar-refractivity contribution in [2.24, 2.45) is 0 Å². The molecule has 4 aromatic rings. The standard InChI is InChI=1S/C17H12N2O2S2/c1-21-12-5-2-4-11(8-12)16-13(9-20)19-14(10-23-17(19)18-16)15-6-3-7-22-15/h2-10H,1H3. The van der Waals surface area contributed by atoms with Crippen LogP contribution in [0.1, 0.15) is 10.5 Å². The summed E-state index contributed by atoms with van der Waals surface area (Å²) < 4.78 is 7.20. The highest BCUT2D eigenvalue weighted by Crippen LogP contribution is 2.34. The third-order valence-electron chi connectivity index (χ3n) is 3.63. The van der Waals surface area contributed by atoms with Crippen molar-refractivity contribution < 1.29 is 9.53 Å². The predicted molar refractivity (Wildman–Crippen MR) is 93.8 cm³/mol. The van der Waals surface area contributed by atoms with Gasteiger partial charge in [-0.15, -0.1) is 22.7 Å². The van der Waals surface area contributed by atoms with Crippen LogP contribution in [0.4, 0.5) is 0 Å². The van der Waals surface area contributed by atoms with Gasteiger partial charge in [0.1, 0.15) is 17.1 Å². The van der Waals surface area contributed by atoms with Crippen LogP contribution in [0.2, 0.25) is 0 Å². The molecule has 0 spiro atoms. The van der Waals surface area contributed by atoms with Gasteiger partial charge in [-0.05, 0) is 23.6 Å². The first-order valence-electron chi connectivity index (χ1n) is 6.95. The Morgan fingerprint density at radius 2 is 2.13 bits per heavy atom. The van der Waals surface area contributed by atoms with E-state index < -0.39 is 0 Å². The lowest BCUT2D eigenvalue weighted by Gasteiger charge is -2.03. The second-order valence-corrected chi connectivity index (χ2v) is 6.70. The van der Waals surface area contributed by atoms with Crippen molar-refractivity contribution in [1.82, 2.24) is 9.38 Å². The van der Waals surface area contributed by atoms with Crippen LogP contribution in [-0.4, -0.2) is 22.8 Å². The lowest BCUT2D eigenvalue weighted by Crippen LogP contribution is -1.93. The number of carbonyl (C=O) groups excluding carboxylic acids is 1. The number of rotatable bonds is 4. The maximum Gasteiger partial charge on any atom is 0.195 e. The average Bonchev–Trinajstić information content (AvgIpc) is 3.30. The van der Waals surface area contributed by atoms with E-state index in [4.69, 9.17) is 4.74 Å². The maximum absolute atomic E-state index is 11.8. The highest BCUT2D eigenvalue weighted by Gasteiger charge is 2.19. The number of nitrogens with zero attached hydrogens (tertiary/aromatic N) is 2. The minimum absolute atomic E-state index is 0.568. The normalized spacial score (nSPS) is 11.0. The van der Waals surface area contributed by atoms with Gasteiger partial charge in [0, 0.05) is 10.9 Å².